The molecule has 3 aromatic carbocycles. The Morgan fingerprint density at radius 1 is 0.783 bits per heavy atom. The molecule has 0 unspecified atom stereocenters. The molecule has 116 valence electrons. The van der Waals surface area contributed by atoms with Crippen molar-refractivity contribution in [1.82, 2.24) is 0 Å². The molecular formula is C19H13BrF2O. The van der Waals surface area contributed by atoms with Crippen molar-refractivity contribution in [3.8, 4) is 16.9 Å². The van der Waals surface area contributed by atoms with Gasteiger partial charge in [0.05, 0.1) is 4.47 Å². The highest BCUT2D eigenvalue weighted by Gasteiger charge is 2.08. The van der Waals surface area contributed by atoms with Gasteiger partial charge in [-0.05, 0) is 56.9 Å². The summed E-state index contributed by atoms with van der Waals surface area (Å²) in [5, 5.41) is 0. The molecule has 0 fully saturated rings. The highest BCUT2D eigenvalue weighted by molar-refractivity contribution is 9.10. The van der Waals surface area contributed by atoms with Crippen LogP contribution in [0.2, 0.25) is 0 Å². The molecule has 0 spiro atoms. The second-order valence-electron chi connectivity index (χ2n) is 5.05. The standard InChI is InChI=1S/C19H13BrF2O/c20-16-8-6-14(10-17(16)21)15-7-9-19(18(22)11-15)23-12-13-4-2-1-3-5-13/h1-11H,12H2. The molecule has 23 heavy (non-hydrogen) atoms. The summed E-state index contributed by atoms with van der Waals surface area (Å²) >= 11 is 3.10. The Kier molecular flexibility index (Phi) is 4.72. The van der Waals surface area contributed by atoms with E-state index in [1.54, 1.807) is 24.3 Å². The van der Waals surface area contributed by atoms with Crippen LogP contribution in [-0.4, -0.2) is 0 Å². The Hall–Kier alpha value is -2.20. The van der Waals surface area contributed by atoms with E-state index in [9.17, 15) is 8.78 Å². The summed E-state index contributed by atoms with van der Waals surface area (Å²) in [5.74, 6) is -0.677. The van der Waals surface area contributed by atoms with Crippen molar-refractivity contribution in [2.45, 2.75) is 6.61 Å². The van der Waals surface area contributed by atoms with E-state index in [1.165, 1.54) is 12.1 Å². The van der Waals surface area contributed by atoms with E-state index in [4.69, 9.17) is 4.74 Å². The van der Waals surface area contributed by atoms with Crippen LogP contribution in [0.15, 0.2) is 71.2 Å². The van der Waals surface area contributed by atoms with Crippen LogP contribution in [0.5, 0.6) is 5.75 Å². The summed E-state index contributed by atoms with van der Waals surface area (Å²) < 4.78 is 33.7. The zero-order valence-corrected chi connectivity index (χ0v) is 13.7. The molecule has 0 saturated carbocycles. The third-order valence-electron chi connectivity index (χ3n) is 3.42. The van der Waals surface area contributed by atoms with Gasteiger partial charge in [-0.1, -0.05) is 42.5 Å². The van der Waals surface area contributed by atoms with E-state index >= 15 is 0 Å². The summed E-state index contributed by atoms with van der Waals surface area (Å²) in [6.45, 7) is 0.296. The van der Waals surface area contributed by atoms with Gasteiger partial charge in [-0.3, -0.25) is 0 Å². The number of hydrogen-bond donors (Lipinski definition) is 0. The molecule has 3 aromatic rings. The minimum absolute atomic E-state index is 0.176. The minimum atomic E-state index is -0.471. The van der Waals surface area contributed by atoms with Crippen LogP contribution >= 0.6 is 15.9 Å². The molecule has 1 nitrogen and oxygen atoms in total. The SMILES string of the molecule is Fc1cc(-c2ccc(OCc3ccccc3)c(F)c2)ccc1Br. The van der Waals surface area contributed by atoms with Gasteiger partial charge in [0, 0.05) is 0 Å². The number of benzene rings is 3. The molecule has 0 N–H and O–H groups in total. The van der Waals surface area contributed by atoms with E-state index in [-0.39, 0.29) is 11.6 Å². The Labute approximate surface area is 141 Å². The van der Waals surface area contributed by atoms with Gasteiger partial charge in [0.15, 0.2) is 11.6 Å². The average molecular weight is 375 g/mol. The van der Waals surface area contributed by atoms with Crippen molar-refractivity contribution in [2.24, 2.45) is 0 Å². The Bertz CT molecular complexity index is 819. The first kappa shape index (κ1) is 15.7. The quantitative estimate of drug-likeness (QED) is 0.546. The van der Waals surface area contributed by atoms with Crippen molar-refractivity contribution in [3.63, 3.8) is 0 Å². The first-order chi connectivity index (χ1) is 11.1. The number of ether oxygens (including phenoxy) is 1. The van der Waals surface area contributed by atoms with Crippen LogP contribution < -0.4 is 4.74 Å². The van der Waals surface area contributed by atoms with Crippen LogP contribution in [-0.2, 0) is 6.61 Å². The van der Waals surface area contributed by atoms with Gasteiger partial charge in [-0.2, -0.15) is 0 Å². The van der Waals surface area contributed by atoms with Crippen LogP contribution in [0.1, 0.15) is 5.56 Å². The second-order valence-corrected chi connectivity index (χ2v) is 5.90. The van der Waals surface area contributed by atoms with Gasteiger partial charge in [0.25, 0.3) is 0 Å². The maximum absolute atomic E-state index is 14.2. The Balaban J connectivity index is 1.79. The molecule has 0 aromatic heterocycles. The van der Waals surface area contributed by atoms with Crippen LogP contribution in [0.25, 0.3) is 11.1 Å². The van der Waals surface area contributed by atoms with E-state index in [2.05, 4.69) is 15.9 Å². The lowest BCUT2D eigenvalue weighted by Gasteiger charge is -2.09. The van der Waals surface area contributed by atoms with Crippen LogP contribution in [0.4, 0.5) is 8.78 Å². The molecule has 3 rings (SSSR count). The fourth-order valence-corrected chi connectivity index (χ4v) is 2.46. The second kappa shape index (κ2) is 6.92. The summed E-state index contributed by atoms with van der Waals surface area (Å²) in [4.78, 5) is 0. The molecular weight excluding hydrogens is 362 g/mol. The van der Waals surface area contributed by atoms with Gasteiger partial charge in [-0.25, -0.2) is 8.78 Å². The topological polar surface area (TPSA) is 9.23 Å². The monoisotopic (exact) mass is 374 g/mol. The van der Waals surface area contributed by atoms with E-state index in [1.807, 2.05) is 30.3 Å². The molecule has 0 bridgehead atoms. The maximum Gasteiger partial charge on any atom is 0.165 e. The Morgan fingerprint density at radius 3 is 2.09 bits per heavy atom. The first-order valence-electron chi connectivity index (χ1n) is 7.05. The number of hydrogen-bond acceptors (Lipinski definition) is 1. The lowest BCUT2D eigenvalue weighted by atomic mass is 10.1. The summed E-state index contributed by atoms with van der Waals surface area (Å²) in [6, 6.07) is 18.9. The van der Waals surface area contributed by atoms with E-state index < -0.39 is 5.82 Å². The predicted octanol–water partition coefficient (Wildman–Crippen LogP) is 5.97. The predicted molar refractivity (Wildman–Crippen MR) is 90.3 cm³/mol. The van der Waals surface area contributed by atoms with Crippen molar-refractivity contribution >= 4 is 15.9 Å². The third kappa shape index (κ3) is 3.77. The van der Waals surface area contributed by atoms with E-state index in [0.717, 1.165) is 5.56 Å². The lowest BCUT2D eigenvalue weighted by molar-refractivity contribution is 0.290. The van der Waals surface area contributed by atoms with Crippen molar-refractivity contribution in [2.75, 3.05) is 0 Å². The summed E-state index contributed by atoms with van der Waals surface area (Å²) in [7, 11) is 0. The number of rotatable bonds is 4. The van der Waals surface area contributed by atoms with Gasteiger partial charge >= 0.3 is 0 Å². The van der Waals surface area contributed by atoms with Gasteiger partial charge < -0.3 is 4.74 Å². The fraction of sp³-hybridized carbons (Fsp3) is 0.0526. The minimum Gasteiger partial charge on any atom is -0.486 e. The molecule has 0 atom stereocenters. The zero-order valence-electron chi connectivity index (χ0n) is 12.1. The highest BCUT2D eigenvalue weighted by atomic mass is 79.9. The Morgan fingerprint density at radius 2 is 1.43 bits per heavy atom. The summed E-state index contributed by atoms with van der Waals surface area (Å²) in [6.07, 6.45) is 0. The molecule has 0 radical (unpaired) electrons. The third-order valence-corrected chi connectivity index (χ3v) is 4.07. The van der Waals surface area contributed by atoms with Crippen LogP contribution in [0, 0.1) is 11.6 Å². The lowest BCUT2D eigenvalue weighted by Crippen LogP contribution is -1.97. The smallest absolute Gasteiger partial charge is 0.165 e. The zero-order chi connectivity index (χ0) is 16.2. The van der Waals surface area contributed by atoms with Crippen molar-refractivity contribution in [3.05, 3.63) is 88.4 Å². The number of halogens is 3. The normalized spacial score (nSPS) is 10.6. The fourth-order valence-electron chi connectivity index (χ4n) is 2.21. The molecule has 4 heteroatoms. The maximum atomic E-state index is 14.2. The average Bonchev–Trinajstić information content (AvgIpc) is 2.57. The molecule has 0 aliphatic carbocycles. The molecule has 0 aliphatic rings. The largest absolute Gasteiger partial charge is 0.486 e. The summed E-state index contributed by atoms with van der Waals surface area (Å²) in [5.41, 5.74) is 2.17. The van der Waals surface area contributed by atoms with Gasteiger partial charge in [0.2, 0.25) is 0 Å². The van der Waals surface area contributed by atoms with Crippen molar-refractivity contribution in [1.29, 1.82) is 0 Å². The molecule has 0 amide bonds. The highest BCUT2D eigenvalue weighted by Crippen LogP contribution is 2.28. The van der Waals surface area contributed by atoms with E-state index in [0.29, 0.717) is 22.2 Å². The molecule has 0 saturated heterocycles. The van der Waals surface area contributed by atoms with Crippen molar-refractivity contribution < 1.29 is 13.5 Å². The first-order valence-corrected chi connectivity index (χ1v) is 7.84. The molecule has 0 aliphatic heterocycles. The van der Waals surface area contributed by atoms with Gasteiger partial charge in [0.1, 0.15) is 12.4 Å². The molecule has 0 heterocycles. The van der Waals surface area contributed by atoms with Gasteiger partial charge in [-0.15, -0.1) is 0 Å². The van der Waals surface area contributed by atoms with Crippen LogP contribution in [0.3, 0.4) is 0 Å².